The van der Waals surface area contributed by atoms with Crippen LogP contribution in [0.4, 0.5) is 10.7 Å². The van der Waals surface area contributed by atoms with Crippen molar-refractivity contribution in [2.75, 3.05) is 23.7 Å². The predicted molar refractivity (Wildman–Crippen MR) is 107 cm³/mol. The summed E-state index contributed by atoms with van der Waals surface area (Å²) in [5.74, 6) is -0.462. The van der Waals surface area contributed by atoms with Gasteiger partial charge in [0.25, 0.3) is 0 Å². The Balaban J connectivity index is 1.62. The number of nitrogens with one attached hydrogen (secondary N) is 2. The van der Waals surface area contributed by atoms with Crippen LogP contribution in [0.25, 0.3) is 0 Å². The molecule has 3 rings (SSSR count). The molecule has 0 unspecified atom stereocenters. The van der Waals surface area contributed by atoms with E-state index < -0.39 is 6.04 Å². The first-order valence-corrected chi connectivity index (χ1v) is 9.89. The molecule has 2 amide bonds. The molecule has 2 N–H and O–H groups in total. The van der Waals surface area contributed by atoms with E-state index in [2.05, 4.69) is 10.6 Å². The lowest BCUT2D eigenvalue weighted by atomic mass is 10.2. The maximum absolute atomic E-state index is 12.6. The zero-order valence-corrected chi connectivity index (χ0v) is 16.5. The second kappa shape index (κ2) is 8.72. The van der Waals surface area contributed by atoms with Gasteiger partial charge in [-0.15, -0.1) is 11.3 Å². The van der Waals surface area contributed by atoms with E-state index in [0.29, 0.717) is 39.3 Å². The van der Waals surface area contributed by atoms with Crippen molar-refractivity contribution in [3.05, 3.63) is 45.3 Å². The smallest absolute Gasteiger partial charge is 0.241 e. The van der Waals surface area contributed by atoms with Gasteiger partial charge in [-0.1, -0.05) is 23.2 Å². The number of anilines is 2. The van der Waals surface area contributed by atoms with Crippen molar-refractivity contribution in [3.8, 4) is 6.07 Å². The zero-order chi connectivity index (χ0) is 19.4. The third kappa shape index (κ3) is 4.79. The van der Waals surface area contributed by atoms with Gasteiger partial charge in [-0.3, -0.25) is 14.5 Å². The summed E-state index contributed by atoms with van der Waals surface area (Å²) in [6.45, 7) is 0.727. The summed E-state index contributed by atoms with van der Waals surface area (Å²) in [7, 11) is 0. The highest BCUT2D eigenvalue weighted by molar-refractivity contribution is 7.14. The molecule has 1 atom stereocenters. The van der Waals surface area contributed by atoms with E-state index in [0.717, 1.165) is 6.42 Å². The largest absolute Gasteiger partial charge is 0.323 e. The number of hydrogen-bond acceptors (Lipinski definition) is 5. The van der Waals surface area contributed by atoms with Crippen LogP contribution in [-0.4, -0.2) is 35.8 Å². The molecular weight excluding hydrogens is 407 g/mol. The van der Waals surface area contributed by atoms with Gasteiger partial charge in [-0.25, -0.2) is 0 Å². The van der Waals surface area contributed by atoms with E-state index >= 15 is 0 Å². The molecule has 0 bridgehead atoms. The van der Waals surface area contributed by atoms with E-state index in [1.165, 1.54) is 11.3 Å². The third-order valence-corrected chi connectivity index (χ3v) is 5.62. The van der Waals surface area contributed by atoms with Crippen LogP contribution in [0.5, 0.6) is 0 Å². The van der Waals surface area contributed by atoms with Crippen molar-refractivity contribution < 1.29 is 9.59 Å². The molecule has 140 valence electrons. The van der Waals surface area contributed by atoms with Crippen LogP contribution in [-0.2, 0) is 9.59 Å². The van der Waals surface area contributed by atoms with Crippen LogP contribution in [0.1, 0.15) is 18.4 Å². The summed E-state index contributed by atoms with van der Waals surface area (Å²) < 4.78 is 0. The molecule has 6 nitrogen and oxygen atoms in total. The van der Waals surface area contributed by atoms with Gasteiger partial charge in [-0.05, 0) is 49.0 Å². The Bertz CT molecular complexity index is 909. The quantitative estimate of drug-likeness (QED) is 0.762. The number of likely N-dealkylation sites (tertiary alicyclic amines) is 1. The first-order chi connectivity index (χ1) is 13.0. The molecule has 2 heterocycles. The van der Waals surface area contributed by atoms with Crippen LogP contribution in [0.3, 0.4) is 0 Å². The van der Waals surface area contributed by atoms with Gasteiger partial charge >= 0.3 is 0 Å². The second-order valence-electron chi connectivity index (χ2n) is 6.07. The number of amides is 2. The van der Waals surface area contributed by atoms with Crippen LogP contribution < -0.4 is 10.6 Å². The van der Waals surface area contributed by atoms with Gasteiger partial charge in [0.05, 0.1) is 28.9 Å². The molecule has 0 aliphatic carbocycles. The molecule has 9 heteroatoms. The Labute approximate surface area is 170 Å². The fourth-order valence-corrected chi connectivity index (χ4v) is 4.17. The Kier molecular flexibility index (Phi) is 6.34. The molecule has 1 aliphatic heterocycles. The van der Waals surface area contributed by atoms with Gasteiger partial charge < -0.3 is 10.6 Å². The van der Waals surface area contributed by atoms with Gasteiger partial charge in [-0.2, -0.15) is 5.26 Å². The predicted octanol–water partition coefficient (Wildman–Crippen LogP) is 3.97. The van der Waals surface area contributed by atoms with Crippen molar-refractivity contribution in [1.29, 1.82) is 5.26 Å². The summed E-state index contributed by atoms with van der Waals surface area (Å²) in [5, 5.41) is 17.7. The molecular formula is C18H16Cl2N4O2S. The fourth-order valence-electron chi connectivity index (χ4n) is 2.96. The maximum atomic E-state index is 12.6. The number of carbonyl (C=O) groups excluding carboxylic acids is 2. The molecule has 0 saturated carbocycles. The number of hydrogen-bond donors (Lipinski definition) is 2. The minimum absolute atomic E-state index is 0.0786. The van der Waals surface area contributed by atoms with E-state index in [4.69, 9.17) is 28.5 Å². The Morgan fingerprint density at radius 2 is 2.11 bits per heavy atom. The molecule has 1 aromatic carbocycles. The van der Waals surface area contributed by atoms with Crippen molar-refractivity contribution in [2.24, 2.45) is 0 Å². The standard InChI is InChI=1S/C18H16Cl2N4O2S/c19-12-3-4-14(13(20)8-12)22-17(26)15-2-1-6-24(15)10-16(25)23-18-11(9-21)5-7-27-18/h3-5,7-8,15H,1-2,6,10H2,(H,22,26)(H,23,25)/t15-/m1/s1. The number of halogens is 2. The molecule has 27 heavy (non-hydrogen) atoms. The van der Waals surface area contributed by atoms with Gasteiger partial charge in [0.1, 0.15) is 11.1 Å². The Morgan fingerprint density at radius 1 is 1.30 bits per heavy atom. The SMILES string of the molecule is N#Cc1ccsc1NC(=O)CN1CCC[C@@H]1C(=O)Nc1ccc(Cl)cc1Cl. The summed E-state index contributed by atoms with van der Waals surface area (Å²) in [4.78, 5) is 26.8. The Morgan fingerprint density at radius 3 is 2.85 bits per heavy atom. The average molecular weight is 423 g/mol. The lowest BCUT2D eigenvalue weighted by Gasteiger charge is -2.23. The monoisotopic (exact) mass is 422 g/mol. The fraction of sp³-hybridized carbons (Fsp3) is 0.278. The van der Waals surface area contributed by atoms with Crippen LogP contribution in [0.2, 0.25) is 10.0 Å². The van der Waals surface area contributed by atoms with Crippen LogP contribution in [0, 0.1) is 11.3 Å². The number of nitrogens with zero attached hydrogens (tertiary/aromatic N) is 2. The summed E-state index contributed by atoms with van der Waals surface area (Å²) in [6.07, 6.45) is 1.48. The van der Waals surface area contributed by atoms with Crippen molar-refractivity contribution in [3.63, 3.8) is 0 Å². The Hall–Kier alpha value is -2.11. The normalized spacial score (nSPS) is 16.7. The molecule has 0 spiro atoms. The summed E-state index contributed by atoms with van der Waals surface area (Å²) >= 11 is 13.3. The minimum atomic E-state index is -0.415. The molecule has 1 aliphatic rings. The maximum Gasteiger partial charge on any atom is 0.241 e. The topological polar surface area (TPSA) is 85.2 Å². The lowest BCUT2D eigenvalue weighted by molar-refractivity contribution is -0.122. The number of thiophene rings is 1. The lowest BCUT2D eigenvalue weighted by Crippen LogP contribution is -2.43. The van der Waals surface area contributed by atoms with Gasteiger partial charge in [0.15, 0.2) is 0 Å². The van der Waals surface area contributed by atoms with E-state index in [1.54, 1.807) is 29.6 Å². The van der Waals surface area contributed by atoms with Crippen molar-refractivity contribution in [2.45, 2.75) is 18.9 Å². The molecule has 1 fully saturated rings. The average Bonchev–Trinajstić information content (AvgIpc) is 3.26. The van der Waals surface area contributed by atoms with Crippen LogP contribution in [0.15, 0.2) is 29.6 Å². The van der Waals surface area contributed by atoms with E-state index in [-0.39, 0.29) is 18.4 Å². The van der Waals surface area contributed by atoms with Gasteiger partial charge in [0.2, 0.25) is 11.8 Å². The number of carbonyl (C=O) groups is 2. The third-order valence-electron chi connectivity index (χ3n) is 4.24. The number of benzene rings is 1. The highest BCUT2D eigenvalue weighted by Crippen LogP contribution is 2.27. The van der Waals surface area contributed by atoms with E-state index in [1.807, 2.05) is 11.0 Å². The zero-order valence-electron chi connectivity index (χ0n) is 14.2. The summed E-state index contributed by atoms with van der Waals surface area (Å²) in [6, 6.07) is 8.13. The minimum Gasteiger partial charge on any atom is -0.323 e. The van der Waals surface area contributed by atoms with Gasteiger partial charge in [0, 0.05) is 5.02 Å². The van der Waals surface area contributed by atoms with Crippen LogP contribution >= 0.6 is 34.5 Å². The van der Waals surface area contributed by atoms with E-state index in [9.17, 15) is 9.59 Å². The molecule has 0 radical (unpaired) electrons. The van der Waals surface area contributed by atoms with Crippen molar-refractivity contribution >= 4 is 57.0 Å². The molecule has 1 aromatic heterocycles. The molecule has 1 saturated heterocycles. The first-order valence-electron chi connectivity index (χ1n) is 8.25. The number of rotatable bonds is 5. The van der Waals surface area contributed by atoms with Crippen molar-refractivity contribution in [1.82, 2.24) is 4.90 Å². The highest BCUT2D eigenvalue weighted by atomic mass is 35.5. The molecule has 2 aromatic rings. The summed E-state index contributed by atoms with van der Waals surface area (Å²) in [5.41, 5.74) is 0.918. The highest BCUT2D eigenvalue weighted by Gasteiger charge is 2.32. The first kappa shape index (κ1) is 19.6. The second-order valence-corrected chi connectivity index (χ2v) is 7.83. The number of nitriles is 1.